The Morgan fingerprint density at radius 3 is 2.43 bits per heavy atom. The lowest BCUT2D eigenvalue weighted by atomic mass is 9.73. The zero-order valence-electron chi connectivity index (χ0n) is 16.6. The Labute approximate surface area is 173 Å². The number of halogens is 1. The van der Waals surface area contributed by atoms with Crippen LogP contribution in [0.2, 0.25) is 0 Å². The van der Waals surface area contributed by atoms with Crippen molar-refractivity contribution in [3.8, 4) is 0 Å². The van der Waals surface area contributed by atoms with Crippen molar-refractivity contribution in [3.63, 3.8) is 0 Å². The van der Waals surface area contributed by atoms with E-state index in [2.05, 4.69) is 5.32 Å². The van der Waals surface area contributed by atoms with Gasteiger partial charge in [0.25, 0.3) is 0 Å². The summed E-state index contributed by atoms with van der Waals surface area (Å²) in [4.78, 5) is 29.8. The summed E-state index contributed by atoms with van der Waals surface area (Å²) in [6, 6.07) is 17.8. The van der Waals surface area contributed by atoms with E-state index in [4.69, 9.17) is 0 Å². The van der Waals surface area contributed by atoms with Crippen LogP contribution < -0.4 is 10.2 Å². The van der Waals surface area contributed by atoms with Crippen LogP contribution >= 0.6 is 12.4 Å². The molecule has 5 nitrogen and oxygen atoms in total. The Kier molecular flexibility index (Phi) is 7.22. The maximum atomic E-state index is 13.4. The Morgan fingerprint density at radius 2 is 1.75 bits per heavy atom. The number of fused-ring (bicyclic) bond motifs is 1. The van der Waals surface area contributed by atoms with Crippen LogP contribution in [-0.4, -0.2) is 50.9 Å². The van der Waals surface area contributed by atoms with Crippen molar-refractivity contribution in [1.82, 2.24) is 10.2 Å². The topological polar surface area (TPSA) is 52.7 Å². The van der Waals surface area contributed by atoms with Crippen molar-refractivity contribution < 1.29 is 9.59 Å². The minimum atomic E-state index is -0.863. The molecule has 1 atom stereocenters. The standard InChI is InChI=1S/C22H27N3O2.ClH/c1-23-13-14-24(2)20(26)16-22(15-17-9-5-4-6-10-17)18-11-7-8-12-19(18)25(3)21(22)27;/h4-12,23H,13-16H2,1-3H3;1H. The predicted octanol–water partition coefficient (Wildman–Crippen LogP) is 2.63. The molecule has 1 heterocycles. The van der Waals surface area contributed by atoms with Crippen molar-refractivity contribution in [2.75, 3.05) is 39.1 Å². The van der Waals surface area contributed by atoms with Gasteiger partial charge in [-0.2, -0.15) is 0 Å². The molecular formula is C22H28ClN3O2. The van der Waals surface area contributed by atoms with Crippen molar-refractivity contribution in [2.24, 2.45) is 0 Å². The summed E-state index contributed by atoms with van der Waals surface area (Å²) < 4.78 is 0. The first-order chi connectivity index (χ1) is 13.0. The highest BCUT2D eigenvalue weighted by atomic mass is 35.5. The smallest absolute Gasteiger partial charge is 0.238 e. The number of anilines is 1. The highest BCUT2D eigenvalue weighted by Crippen LogP contribution is 2.45. The SMILES string of the molecule is CNCCN(C)C(=O)CC1(Cc2ccccc2)C(=O)N(C)c2ccccc21.Cl. The average molecular weight is 402 g/mol. The largest absolute Gasteiger partial charge is 0.344 e. The number of benzene rings is 2. The number of nitrogens with one attached hydrogen (secondary N) is 1. The fraction of sp³-hybridized carbons (Fsp3) is 0.364. The molecule has 0 saturated heterocycles. The van der Waals surface area contributed by atoms with E-state index in [1.165, 1.54) is 0 Å². The third kappa shape index (κ3) is 4.05. The molecule has 150 valence electrons. The van der Waals surface area contributed by atoms with Gasteiger partial charge in [-0.25, -0.2) is 0 Å². The van der Waals surface area contributed by atoms with Crippen LogP contribution in [0.4, 0.5) is 5.69 Å². The van der Waals surface area contributed by atoms with Gasteiger partial charge in [-0.15, -0.1) is 12.4 Å². The zero-order chi connectivity index (χ0) is 19.4. The summed E-state index contributed by atoms with van der Waals surface area (Å²) in [6.45, 7) is 1.33. The number of hydrogen-bond donors (Lipinski definition) is 1. The second kappa shape index (κ2) is 9.22. The first-order valence-electron chi connectivity index (χ1n) is 9.30. The lowest BCUT2D eigenvalue weighted by Crippen LogP contribution is -2.45. The summed E-state index contributed by atoms with van der Waals surface area (Å²) in [5.74, 6) is -0.0254. The molecule has 0 fully saturated rings. The molecule has 3 rings (SSSR count). The van der Waals surface area contributed by atoms with E-state index in [1.807, 2.05) is 61.6 Å². The predicted molar refractivity (Wildman–Crippen MR) is 115 cm³/mol. The Bertz CT molecular complexity index is 828. The van der Waals surface area contributed by atoms with Gasteiger partial charge >= 0.3 is 0 Å². The molecule has 0 aromatic heterocycles. The number of para-hydroxylation sites is 1. The Morgan fingerprint density at radius 1 is 1.11 bits per heavy atom. The van der Waals surface area contributed by atoms with Gasteiger partial charge in [0.05, 0.1) is 5.41 Å². The molecule has 2 amide bonds. The molecule has 1 aliphatic rings. The minimum Gasteiger partial charge on any atom is -0.344 e. The van der Waals surface area contributed by atoms with Crippen LogP contribution in [-0.2, 0) is 21.4 Å². The maximum Gasteiger partial charge on any atom is 0.238 e. The molecule has 1 N–H and O–H groups in total. The van der Waals surface area contributed by atoms with E-state index < -0.39 is 5.41 Å². The number of likely N-dealkylation sites (N-methyl/N-ethyl adjacent to an activating group) is 3. The summed E-state index contributed by atoms with van der Waals surface area (Å²) in [6.07, 6.45) is 0.682. The molecule has 28 heavy (non-hydrogen) atoms. The molecule has 2 aromatic carbocycles. The van der Waals surface area contributed by atoms with E-state index >= 15 is 0 Å². The number of carbonyl (C=O) groups excluding carboxylic acids is 2. The van der Waals surface area contributed by atoms with E-state index in [0.29, 0.717) is 13.0 Å². The van der Waals surface area contributed by atoms with Gasteiger partial charge in [-0.3, -0.25) is 9.59 Å². The van der Waals surface area contributed by atoms with Gasteiger partial charge in [-0.05, 0) is 30.7 Å². The van der Waals surface area contributed by atoms with Crippen LogP contribution in [0.3, 0.4) is 0 Å². The summed E-state index contributed by atoms with van der Waals surface area (Å²) in [7, 11) is 5.45. The first kappa shape index (κ1) is 21.9. The van der Waals surface area contributed by atoms with Gasteiger partial charge in [-0.1, -0.05) is 48.5 Å². The lowest BCUT2D eigenvalue weighted by Gasteiger charge is -2.30. The summed E-state index contributed by atoms with van der Waals surface area (Å²) in [5, 5.41) is 3.06. The van der Waals surface area contributed by atoms with Gasteiger partial charge < -0.3 is 15.1 Å². The number of nitrogens with zero attached hydrogens (tertiary/aromatic N) is 2. The molecule has 2 aromatic rings. The van der Waals surface area contributed by atoms with E-state index in [9.17, 15) is 9.59 Å². The Hall–Kier alpha value is -2.37. The van der Waals surface area contributed by atoms with Crippen LogP contribution in [0.1, 0.15) is 17.5 Å². The quantitative estimate of drug-likeness (QED) is 0.776. The van der Waals surface area contributed by atoms with Crippen molar-refractivity contribution in [1.29, 1.82) is 0 Å². The third-order valence-corrected chi connectivity index (χ3v) is 5.42. The number of amides is 2. The highest BCUT2D eigenvalue weighted by molar-refractivity contribution is 6.09. The molecule has 6 heteroatoms. The second-order valence-corrected chi connectivity index (χ2v) is 7.22. The van der Waals surface area contributed by atoms with Crippen LogP contribution in [0.15, 0.2) is 54.6 Å². The molecule has 1 unspecified atom stereocenters. The van der Waals surface area contributed by atoms with Gasteiger partial charge in [0.1, 0.15) is 0 Å². The lowest BCUT2D eigenvalue weighted by molar-refractivity contribution is -0.135. The third-order valence-electron chi connectivity index (χ3n) is 5.42. The molecule has 1 aliphatic heterocycles. The highest BCUT2D eigenvalue weighted by Gasteiger charge is 2.51. The second-order valence-electron chi connectivity index (χ2n) is 7.22. The average Bonchev–Trinajstić information content (AvgIpc) is 2.89. The Balaban J connectivity index is 0.00000280. The van der Waals surface area contributed by atoms with E-state index in [-0.39, 0.29) is 30.6 Å². The number of rotatable bonds is 7. The van der Waals surface area contributed by atoms with E-state index in [1.54, 1.807) is 23.9 Å². The molecule has 0 aliphatic carbocycles. The van der Waals surface area contributed by atoms with Gasteiger partial charge in [0.15, 0.2) is 0 Å². The summed E-state index contributed by atoms with van der Waals surface area (Å²) >= 11 is 0. The van der Waals surface area contributed by atoms with Crippen LogP contribution in [0.25, 0.3) is 0 Å². The van der Waals surface area contributed by atoms with Gasteiger partial charge in [0.2, 0.25) is 11.8 Å². The minimum absolute atomic E-state index is 0. The molecule has 0 saturated carbocycles. The number of carbonyl (C=O) groups is 2. The summed E-state index contributed by atoms with van der Waals surface area (Å²) in [5.41, 5.74) is 2.03. The fourth-order valence-corrected chi connectivity index (χ4v) is 3.86. The van der Waals surface area contributed by atoms with E-state index in [0.717, 1.165) is 23.4 Å². The first-order valence-corrected chi connectivity index (χ1v) is 9.30. The van der Waals surface area contributed by atoms with Crippen molar-refractivity contribution >= 4 is 29.9 Å². The monoisotopic (exact) mass is 401 g/mol. The number of hydrogen-bond acceptors (Lipinski definition) is 3. The fourth-order valence-electron chi connectivity index (χ4n) is 3.86. The normalized spacial score (nSPS) is 17.8. The molecule has 0 bridgehead atoms. The van der Waals surface area contributed by atoms with Gasteiger partial charge in [0, 0.05) is 39.3 Å². The molecule has 0 radical (unpaired) electrons. The van der Waals surface area contributed by atoms with Crippen molar-refractivity contribution in [3.05, 3.63) is 65.7 Å². The van der Waals surface area contributed by atoms with Crippen molar-refractivity contribution in [2.45, 2.75) is 18.3 Å². The molecular weight excluding hydrogens is 374 g/mol. The maximum absolute atomic E-state index is 13.4. The van der Waals surface area contributed by atoms with Crippen LogP contribution in [0.5, 0.6) is 0 Å². The zero-order valence-corrected chi connectivity index (χ0v) is 17.5. The van der Waals surface area contributed by atoms with Crippen LogP contribution in [0, 0.1) is 0 Å². The molecule has 0 spiro atoms.